The Balaban J connectivity index is 1.96. The van der Waals surface area contributed by atoms with E-state index in [-0.39, 0.29) is 5.91 Å². The number of carbonyl (C=O) groups is 1. The molecule has 4 heteroatoms. The molecule has 0 fully saturated rings. The van der Waals surface area contributed by atoms with E-state index in [0.717, 1.165) is 22.6 Å². The van der Waals surface area contributed by atoms with Gasteiger partial charge in [-0.05, 0) is 62.2 Å². The molecule has 0 aliphatic rings. The number of hydrogen-bond acceptors (Lipinski definition) is 3. The Morgan fingerprint density at radius 1 is 1.04 bits per heavy atom. The van der Waals surface area contributed by atoms with Crippen LogP contribution in [0.4, 0.5) is 5.69 Å². The van der Waals surface area contributed by atoms with E-state index < -0.39 is 0 Å². The van der Waals surface area contributed by atoms with Crippen molar-refractivity contribution in [1.29, 1.82) is 0 Å². The number of amides is 1. The van der Waals surface area contributed by atoms with Crippen molar-refractivity contribution in [3.63, 3.8) is 0 Å². The van der Waals surface area contributed by atoms with Gasteiger partial charge >= 0.3 is 0 Å². The lowest BCUT2D eigenvalue weighted by Gasteiger charge is -2.10. The highest BCUT2D eigenvalue weighted by atomic mass is 16.5. The van der Waals surface area contributed by atoms with Crippen molar-refractivity contribution in [2.24, 2.45) is 0 Å². The molecule has 2 aromatic carbocycles. The molecular formula is C19H23NO3. The van der Waals surface area contributed by atoms with Crippen molar-refractivity contribution in [1.82, 2.24) is 0 Å². The Kier molecular flexibility index (Phi) is 6.18. The maximum absolute atomic E-state index is 12.3. The second kappa shape index (κ2) is 8.34. The smallest absolute Gasteiger partial charge is 0.255 e. The lowest BCUT2D eigenvalue weighted by molar-refractivity contribution is 0.102. The summed E-state index contributed by atoms with van der Waals surface area (Å²) >= 11 is 0. The third-order valence-electron chi connectivity index (χ3n) is 3.46. The fourth-order valence-corrected chi connectivity index (χ4v) is 2.13. The second-order valence-corrected chi connectivity index (χ2v) is 5.34. The molecule has 0 saturated heterocycles. The van der Waals surface area contributed by atoms with Crippen molar-refractivity contribution in [2.75, 3.05) is 25.1 Å². The molecule has 0 aromatic heterocycles. The molecule has 0 spiro atoms. The molecule has 0 bridgehead atoms. The minimum Gasteiger partial charge on any atom is -0.491 e. The highest BCUT2D eigenvalue weighted by molar-refractivity contribution is 6.04. The van der Waals surface area contributed by atoms with Gasteiger partial charge in [-0.1, -0.05) is 12.1 Å². The number of carbonyl (C=O) groups excluding carboxylic acids is 1. The highest BCUT2D eigenvalue weighted by Gasteiger charge is 2.08. The Morgan fingerprint density at radius 3 is 2.48 bits per heavy atom. The van der Waals surface area contributed by atoms with Crippen LogP contribution in [0.3, 0.4) is 0 Å². The molecule has 23 heavy (non-hydrogen) atoms. The molecule has 0 aliphatic heterocycles. The molecule has 0 aliphatic carbocycles. The van der Waals surface area contributed by atoms with E-state index in [1.807, 2.05) is 39.0 Å². The van der Waals surface area contributed by atoms with Crippen molar-refractivity contribution in [2.45, 2.75) is 20.8 Å². The molecule has 2 aromatic rings. The van der Waals surface area contributed by atoms with E-state index in [1.54, 1.807) is 24.3 Å². The van der Waals surface area contributed by atoms with Gasteiger partial charge in [-0.15, -0.1) is 0 Å². The highest BCUT2D eigenvalue weighted by Crippen LogP contribution is 2.18. The molecule has 0 atom stereocenters. The standard InChI is InChI=1S/C19H23NO3/c1-4-22-11-12-23-17-9-7-16(8-10-17)19(21)20-18-13-14(2)5-6-15(18)3/h5-10,13H,4,11-12H2,1-3H3,(H,20,21). The lowest BCUT2D eigenvalue weighted by atomic mass is 10.1. The first kappa shape index (κ1) is 17.0. The van der Waals surface area contributed by atoms with Gasteiger partial charge < -0.3 is 14.8 Å². The molecule has 1 amide bonds. The van der Waals surface area contributed by atoms with Gasteiger partial charge in [0.15, 0.2) is 0 Å². The first-order valence-electron chi connectivity index (χ1n) is 7.79. The monoisotopic (exact) mass is 313 g/mol. The first-order chi connectivity index (χ1) is 11.1. The van der Waals surface area contributed by atoms with Crippen LogP contribution in [0.2, 0.25) is 0 Å². The van der Waals surface area contributed by atoms with Crippen molar-refractivity contribution in [3.8, 4) is 5.75 Å². The summed E-state index contributed by atoms with van der Waals surface area (Å²) in [6, 6.07) is 13.1. The molecular weight excluding hydrogens is 290 g/mol. The summed E-state index contributed by atoms with van der Waals surface area (Å²) in [6.45, 7) is 7.67. The fraction of sp³-hybridized carbons (Fsp3) is 0.316. The van der Waals surface area contributed by atoms with Gasteiger partial charge in [0.1, 0.15) is 12.4 Å². The zero-order valence-electron chi connectivity index (χ0n) is 13.9. The normalized spacial score (nSPS) is 10.4. The fourth-order valence-electron chi connectivity index (χ4n) is 2.13. The molecule has 2 rings (SSSR count). The molecule has 4 nitrogen and oxygen atoms in total. The number of benzene rings is 2. The Hall–Kier alpha value is -2.33. The van der Waals surface area contributed by atoms with Crippen LogP contribution in [0.15, 0.2) is 42.5 Å². The predicted octanol–water partition coefficient (Wildman–Crippen LogP) is 3.97. The van der Waals surface area contributed by atoms with Gasteiger partial charge in [0.05, 0.1) is 6.61 Å². The number of aryl methyl sites for hydroxylation is 2. The summed E-state index contributed by atoms with van der Waals surface area (Å²) in [4.78, 5) is 12.3. The van der Waals surface area contributed by atoms with Gasteiger partial charge in [0.2, 0.25) is 0 Å². The first-order valence-corrected chi connectivity index (χ1v) is 7.79. The maximum atomic E-state index is 12.3. The summed E-state index contributed by atoms with van der Waals surface area (Å²) in [7, 11) is 0. The van der Waals surface area contributed by atoms with Gasteiger partial charge in [-0.2, -0.15) is 0 Å². The molecule has 1 N–H and O–H groups in total. The average Bonchev–Trinajstić information content (AvgIpc) is 2.55. The second-order valence-electron chi connectivity index (χ2n) is 5.34. The Labute approximate surface area is 137 Å². The van der Waals surface area contributed by atoms with E-state index in [4.69, 9.17) is 9.47 Å². The zero-order chi connectivity index (χ0) is 16.7. The quantitative estimate of drug-likeness (QED) is 0.787. The van der Waals surface area contributed by atoms with E-state index in [9.17, 15) is 4.79 Å². The molecule has 0 radical (unpaired) electrons. The third-order valence-corrected chi connectivity index (χ3v) is 3.46. The molecule has 0 unspecified atom stereocenters. The Morgan fingerprint density at radius 2 is 1.78 bits per heavy atom. The van der Waals surface area contributed by atoms with Crippen LogP contribution in [-0.2, 0) is 4.74 Å². The largest absolute Gasteiger partial charge is 0.491 e. The van der Waals surface area contributed by atoms with Crippen LogP contribution in [0.5, 0.6) is 5.75 Å². The number of anilines is 1. The number of hydrogen-bond donors (Lipinski definition) is 1. The number of rotatable bonds is 7. The lowest BCUT2D eigenvalue weighted by Crippen LogP contribution is -2.13. The maximum Gasteiger partial charge on any atom is 0.255 e. The van der Waals surface area contributed by atoms with Crippen molar-refractivity contribution >= 4 is 11.6 Å². The van der Waals surface area contributed by atoms with E-state index in [1.165, 1.54) is 0 Å². The summed E-state index contributed by atoms with van der Waals surface area (Å²) in [6.07, 6.45) is 0. The molecule has 0 saturated carbocycles. The van der Waals surface area contributed by atoms with E-state index in [0.29, 0.717) is 25.4 Å². The van der Waals surface area contributed by atoms with Crippen LogP contribution >= 0.6 is 0 Å². The predicted molar refractivity (Wildman–Crippen MR) is 92.3 cm³/mol. The van der Waals surface area contributed by atoms with Crippen molar-refractivity contribution in [3.05, 3.63) is 59.2 Å². The van der Waals surface area contributed by atoms with E-state index >= 15 is 0 Å². The van der Waals surface area contributed by atoms with Gasteiger partial charge in [0, 0.05) is 17.9 Å². The SMILES string of the molecule is CCOCCOc1ccc(C(=O)Nc2cc(C)ccc2C)cc1. The summed E-state index contributed by atoms with van der Waals surface area (Å²) in [5.41, 5.74) is 3.60. The number of nitrogens with one attached hydrogen (secondary N) is 1. The van der Waals surface area contributed by atoms with Crippen LogP contribution in [0.25, 0.3) is 0 Å². The summed E-state index contributed by atoms with van der Waals surface area (Å²) in [5, 5.41) is 2.95. The summed E-state index contributed by atoms with van der Waals surface area (Å²) < 4.78 is 10.8. The van der Waals surface area contributed by atoms with Crippen LogP contribution in [0.1, 0.15) is 28.4 Å². The van der Waals surface area contributed by atoms with Gasteiger partial charge in [-0.25, -0.2) is 0 Å². The van der Waals surface area contributed by atoms with Crippen LogP contribution in [-0.4, -0.2) is 25.7 Å². The van der Waals surface area contributed by atoms with E-state index in [2.05, 4.69) is 5.32 Å². The van der Waals surface area contributed by atoms with Gasteiger partial charge in [-0.3, -0.25) is 4.79 Å². The third kappa shape index (κ3) is 5.11. The van der Waals surface area contributed by atoms with Crippen LogP contribution < -0.4 is 10.1 Å². The summed E-state index contributed by atoms with van der Waals surface area (Å²) in [5.74, 6) is 0.604. The molecule has 0 heterocycles. The van der Waals surface area contributed by atoms with Gasteiger partial charge in [0.25, 0.3) is 5.91 Å². The molecule has 122 valence electrons. The zero-order valence-corrected chi connectivity index (χ0v) is 13.9. The number of ether oxygens (including phenoxy) is 2. The van der Waals surface area contributed by atoms with Crippen molar-refractivity contribution < 1.29 is 14.3 Å². The topological polar surface area (TPSA) is 47.6 Å². The average molecular weight is 313 g/mol. The van der Waals surface area contributed by atoms with Crippen LogP contribution in [0, 0.1) is 13.8 Å². The minimum atomic E-state index is -0.125. The minimum absolute atomic E-state index is 0.125. The Bertz CT molecular complexity index is 650.